The molecule has 0 saturated carbocycles. The molecule has 1 heterocycles. The molecule has 0 spiro atoms. The third-order valence-corrected chi connectivity index (χ3v) is 2.46. The summed E-state index contributed by atoms with van der Waals surface area (Å²) >= 11 is 6.04. The Hall–Kier alpha value is -1.81. The molecular formula is C11H9ClN2O2. The van der Waals surface area contributed by atoms with Crippen LogP contribution in [-0.4, -0.2) is 20.9 Å². The Labute approximate surface area is 97.1 Å². The quantitative estimate of drug-likeness (QED) is 0.872. The summed E-state index contributed by atoms with van der Waals surface area (Å²) in [6, 6.07) is 6.93. The van der Waals surface area contributed by atoms with Crippen molar-refractivity contribution >= 4 is 17.6 Å². The Morgan fingerprint density at radius 3 is 2.75 bits per heavy atom. The van der Waals surface area contributed by atoms with Gasteiger partial charge in [0, 0.05) is 6.20 Å². The highest BCUT2D eigenvalue weighted by molar-refractivity contribution is 6.32. The van der Waals surface area contributed by atoms with Crippen molar-refractivity contribution in [3.63, 3.8) is 0 Å². The van der Waals surface area contributed by atoms with Crippen molar-refractivity contribution in [2.45, 2.75) is 6.92 Å². The van der Waals surface area contributed by atoms with Crippen LogP contribution in [0.2, 0.25) is 5.02 Å². The molecule has 0 amide bonds. The molecule has 0 aliphatic rings. The molecule has 1 N–H and O–H groups in total. The number of hydrogen-bond donors (Lipinski definition) is 1. The van der Waals surface area contributed by atoms with Gasteiger partial charge >= 0.3 is 5.97 Å². The van der Waals surface area contributed by atoms with Crippen molar-refractivity contribution in [1.29, 1.82) is 0 Å². The van der Waals surface area contributed by atoms with E-state index in [0.717, 1.165) is 5.56 Å². The standard InChI is InChI=1S/C11H9ClN2O2/c1-7-2-3-10(8(12)6-7)14-5-4-9(13-14)11(15)16/h2-6H,1H3,(H,15,16). The minimum absolute atomic E-state index is 0.00311. The number of aromatic nitrogens is 2. The smallest absolute Gasteiger partial charge is 0.356 e. The van der Waals surface area contributed by atoms with Crippen molar-refractivity contribution in [3.05, 3.63) is 46.7 Å². The number of carbonyl (C=O) groups is 1. The lowest BCUT2D eigenvalue weighted by Gasteiger charge is -2.04. The van der Waals surface area contributed by atoms with Crippen LogP contribution < -0.4 is 0 Å². The lowest BCUT2D eigenvalue weighted by atomic mass is 10.2. The van der Waals surface area contributed by atoms with E-state index in [4.69, 9.17) is 16.7 Å². The highest BCUT2D eigenvalue weighted by atomic mass is 35.5. The molecule has 0 aliphatic carbocycles. The fourth-order valence-corrected chi connectivity index (χ4v) is 1.69. The summed E-state index contributed by atoms with van der Waals surface area (Å²) in [5.74, 6) is -1.05. The van der Waals surface area contributed by atoms with E-state index in [-0.39, 0.29) is 5.69 Å². The molecule has 0 unspecified atom stereocenters. The summed E-state index contributed by atoms with van der Waals surface area (Å²) in [7, 11) is 0. The second kappa shape index (κ2) is 3.98. The third kappa shape index (κ3) is 1.92. The molecule has 5 heteroatoms. The van der Waals surface area contributed by atoms with Crippen LogP contribution in [0.3, 0.4) is 0 Å². The Balaban J connectivity index is 2.46. The van der Waals surface area contributed by atoms with Gasteiger partial charge in [0.2, 0.25) is 0 Å². The SMILES string of the molecule is Cc1ccc(-n2ccc(C(=O)O)n2)c(Cl)c1. The normalized spacial score (nSPS) is 10.4. The van der Waals surface area contributed by atoms with Gasteiger partial charge in [0.15, 0.2) is 5.69 Å². The average molecular weight is 237 g/mol. The maximum Gasteiger partial charge on any atom is 0.356 e. The molecule has 0 atom stereocenters. The van der Waals surface area contributed by atoms with Crippen molar-refractivity contribution in [1.82, 2.24) is 9.78 Å². The second-order valence-electron chi connectivity index (χ2n) is 3.41. The lowest BCUT2D eigenvalue weighted by Crippen LogP contribution is -2.01. The molecule has 2 aromatic rings. The summed E-state index contributed by atoms with van der Waals surface area (Å²) in [5, 5.41) is 13.2. The van der Waals surface area contributed by atoms with Crippen molar-refractivity contribution in [2.75, 3.05) is 0 Å². The first-order valence-corrected chi connectivity index (χ1v) is 5.01. The molecule has 1 aromatic heterocycles. The Bertz CT molecular complexity index is 549. The molecule has 16 heavy (non-hydrogen) atoms. The summed E-state index contributed by atoms with van der Waals surface area (Å²) in [6.07, 6.45) is 1.57. The van der Waals surface area contributed by atoms with E-state index in [0.29, 0.717) is 10.7 Å². The van der Waals surface area contributed by atoms with Crippen LogP contribution in [-0.2, 0) is 0 Å². The minimum atomic E-state index is -1.05. The van der Waals surface area contributed by atoms with Gasteiger partial charge in [-0.1, -0.05) is 17.7 Å². The van der Waals surface area contributed by atoms with E-state index >= 15 is 0 Å². The topological polar surface area (TPSA) is 55.1 Å². The molecule has 0 saturated heterocycles. The van der Waals surface area contributed by atoms with Gasteiger partial charge in [-0.25, -0.2) is 9.48 Å². The lowest BCUT2D eigenvalue weighted by molar-refractivity contribution is 0.0690. The van der Waals surface area contributed by atoms with E-state index in [2.05, 4.69) is 5.10 Å². The monoisotopic (exact) mass is 236 g/mol. The fourth-order valence-electron chi connectivity index (χ4n) is 1.37. The van der Waals surface area contributed by atoms with Crippen LogP contribution >= 0.6 is 11.6 Å². The number of benzene rings is 1. The van der Waals surface area contributed by atoms with E-state index in [1.165, 1.54) is 10.7 Å². The third-order valence-electron chi connectivity index (χ3n) is 2.16. The zero-order valence-corrected chi connectivity index (χ0v) is 9.27. The number of aryl methyl sites for hydroxylation is 1. The number of nitrogens with zero attached hydrogens (tertiary/aromatic N) is 2. The number of hydrogen-bond acceptors (Lipinski definition) is 2. The molecule has 4 nitrogen and oxygen atoms in total. The number of carboxylic acids is 1. The Morgan fingerprint density at radius 1 is 1.44 bits per heavy atom. The highest BCUT2D eigenvalue weighted by Gasteiger charge is 2.09. The van der Waals surface area contributed by atoms with E-state index < -0.39 is 5.97 Å². The average Bonchev–Trinajstić information content (AvgIpc) is 2.66. The number of rotatable bonds is 2. The van der Waals surface area contributed by atoms with Gasteiger partial charge in [-0.05, 0) is 30.7 Å². The van der Waals surface area contributed by atoms with Gasteiger partial charge in [0.1, 0.15) is 0 Å². The summed E-state index contributed by atoms with van der Waals surface area (Å²) in [4.78, 5) is 10.7. The summed E-state index contributed by atoms with van der Waals surface area (Å²) < 4.78 is 1.45. The fraction of sp³-hybridized carbons (Fsp3) is 0.0909. The van der Waals surface area contributed by atoms with Gasteiger partial charge in [-0.15, -0.1) is 0 Å². The number of aromatic carboxylic acids is 1. The van der Waals surface area contributed by atoms with E-state index in [1.54, 1.807) is 18.3 Å². The van der Waals surface area contributed by atoms with Gasteiger partial charge < -0.3 is 5.11 Å². The first-order valence-electron chi connectivity index (χ1n) is 4.63. The predicted octanol–water partition coefficient (Wildman–Crippen LogP) is 2.53. The largest absolute Gasteiger partial charge is 0.476 e. The molecule has 0 aliphatic heterocycles. The van der Waals surface area contributed by atoms with Crippen LogP contribution in [0.1, 0.15) is 16.1 Å². The first-order chi connectivity index (χ1) is 7.58. The molecular weight excluding hydrogens is 228 g/mol. The Morgan fingerprint density at radius 2 is 2.19 bits per heavy atom. The first kappa shape index (κ1) is 10.7. The van der Waals surface area contributed by atoms with Crippen LogP contribution in [0.25, 0.3) is 5.69 Å². The van der Waals surface area contributed by atoms with Gasteiger partial charge in [0.05, 0.1) is 10.7 Å². The number of carboxylic acid groups (broad SMARTS) is 1. The molecule has 1 aromatic carbocycles. The van der Waals surface area contributed by atoms with E-state index in [1.807, 2.05) is 13.0 Å². The molecule has 0 fully saturated rings. The van der Waals surface area contributed by atoms with Crippen molar-refractivity contribution in [3.8, 4) is 5.69 Å². The van der Waals surface area contributed by atoms with Crippen LogP contribution in [0, 0.1) is 6.92 Å². The molecule has 2 rings (SSSR count). The maximum atomic E-state index is 10.7. The van der Waals surface area contributed by atoms with Crippen LogP contribution in [0.5, 0.6) is 0 Å². The summed E-state index contributed by atoms with van der Waals surface area (Å²) in [6.45, 7) is 1.93. The van der Waals surface area contributed by atoms with E-state index in [9.17, 15) is 4.79 Å². The zero-order chi connectivity index (χ0) is 11.7. The zero-order valence-electron chi connectivity index (χ0n) is 8.51. The van der Waals surface area contributed by atoms with Crippen molar-refractivity contribution in [2.24, 2.45) is 0 Å². The predicted molar refractivity (Wildman–Crippen MR) is 60.3 cm³/mol. The number of halogens is 1. The van der Waals surface area contributed by atoms with Crippen molar-refractivity contribution < 1.29 is 9.90 Å². The van der Waals surface area contributed by atoms with Crippen LogP contribution in [0.15, 0.2) is 30.5 Å². The minimum Gasteiger partial charge on any atom is -0.476 e. The maximum absolute atomic E-state index is 10.7. The van der Waals surface area contributed by atoms with Crippen LogP contribution in [0.4, 0.5) is 0 Å². The Kier molecular flexibility index (Phi) is 2.66. The second-order valence-corrected chi connectivity index (χ2v) is 3.81. The highest BCUT2D eigenvalue weighted by Crippen LogP contribution is 2.21. The van der Waals surface area contributed by atoms with Gasteiger partial charge in [0.25, 0.3) is 0 Å². The van der Waals surface area contributed by atoms with Gasteiger partial charge in [-0.2, -0.15) is 5.10 Å². The molecule has 0 bridgehead atoms. The molecule has 0 radical (unpaired) electrons. The summed E-state index contributed by atoms with van der Waals surface area (Å²) in [5.41, 5.74) is 1.70. The molecule has 82 valence electrons. The van der Waals surface area contributed by atoms with Gasteiger partial charge in [-0.3, -0.25) is 0 Å².